The number of alkyl carbamates (subject to hydrolysis) is 1. The molecule has 0 fully saturated rings. The molecule has 2 atom stereocenters. The summed E-state index contributed by atoms with van der Waals surface area (Å²) in [5, 5.41) is 6.30. The Hall–Kier alpha value is -1.36. The summed E-state index contributed by atoms with van der Waals surface area (Å²) in [4.78, 5) is 11.9. The fraction of sp³-hybridized carbons (Fsp3) is 0.533. The third-order valence-electron chi connectivity index (χ3n) is 3.03. The summed E-state index contributed by atoms with van der Waals surface area (Å²) in [7, 11) is 0. The van der Waals surface area contributed by atoms with Crippen molar-refractivity contribution in [2.45, 2.75) is 50.6 Å². The number of hydrogen-bond donors (Lipinski definition) is 3. The van der Waals surface area contributed by atoms with Gasteiger partial charge in [0.15, 0.2) is 0 Å². The van der Waals surface area contributed by atoms with E-state index in [1.807, 2.05) is 39.0 Å². The molecule has 0 aliphatic carbocycles. The number of nitrogens with one attached hydrogen (secondary N) is 2. The molecule has 1 aromatic rings. The summed E-state index contributed by atoms with van der Waals surface area (Å²) in [5.41, 5.74) is 1.79. The van der Waals surface area contributed by atoms with Crippen molar-refractivity contribution in [1.29, 1.82) is 0 Å². The van der Waals surface area contributed by atoms with Crippen LogP contribution in [0.3, 0.4) is 0 Å². The highest BCUT2D eigenvalue weighted by Gasteiger charge is 2.24. The fourth-order valence-corrected chi connectivity index (χ4v) is 2.67. The van der Waals surface area contributed by atoms with Crippen molar-refractivity contribution in [2.24, 2.45) is 0 Å². The Morgan fingerprint density at radius 3 is 2.80 bits per heavy atom. The standard InChI is InChI=1S/C15H22N2O2S/c1-15(2,3)19-14(18)16-11-8-10-6-4-5-7-12(10)17-13(20)9-11/h4-7,11,13,17,20H,8-9H2,1-3H3,(H,16,18). The van der Waals surface area contributed by atoms with E-state index in [2.05, 4.69) is 29.3 Å². The zero-order valence-corrected chi connectivity index (χ0v) is 13.0. The Balaban J connectivity index is 2.04. The van der Waals surface area contributed by atoms with Crippen molar-refractivity contribution in [1.82, 2.24) is 5.32 Å². The van der Waals surface area contributed by atoms with Crippen LogP contribution in [0.1, 0.15) is 32.8 Å². The second kappa shape index (κ2) is 5.95. The third-order valence-corrected chi connectivity index (χ3v) is 3.37. The number of amides is 1. The average Bonchev–Trinajstić information content (AvgIpc) is 2.43. The van der Waals surface area contributed by atoms with E-state index in [1.54, 1.807) is 0 Å². The molecular formula is C15H22N2O2S. The van der Waals surface area contributed by atoms with E-state index in [4.69, 9.17) is 4.74 Å². The van der Waals surface area contributed by atoms with Gasteiger partial charge in [-0.25, -0.2) is 4.79 Å². The van der Waals surface area contributed by atoms with Crippen molar-refractivity contribution < 1.29 is 9.53 Å². The van der Waals surface area contributed by atoms with Gasteiger partial charge < -0.3 is 15.4 Å². The highest BCUT2D eigenvalue weighted by molar-refractivity contribution is 7.81. The molecule has 0 bridgehead atoms. The molecule has 0 saturated heterocycles. The van der Waals surface area contributed by atoms with Crippen LogP contribution in [-0.2, 0) is 11.2 Å². The first-order valence-electron chi connectivity index (χ1n) is 6.85. The zero-order valence-electron chi connectivity index (χ0n) is 12.1. The molecule has 1 aliphatic rings. The van der Waals surface area contributed by atoms with E-state index >= 15 is 0 Å². The molecular weight excluding hydrogens is 272 g/mol. The van der Waals surface area contributed by atoms with Crippen molar-refractivity contribution in [3.05, 3.63) is 29.8 Å². The summed E-state index contributed by atoms with van der Waals surface area (Å²) in [6, 6.07) is 8.12. The Kier molecular flexibility index (Phi) is 4.48. The van der Waals surface area contributed by atoms with Crippen molar-refractivity contribution in [2.75, 3.05) is 5.32 Å². The number of thiol groups is 1. The highest BCUT2D eigenvalue weighted by Crippen LogP contribution is 2.25. The molecule has 1 heterocycles. The van der Waals surface area contributed by atoms with Gasteiger partial charge in [-0.15, -0.1) is 0 Å². The summed E-state index contributed by atoms with van der Waals surface area (Å²) in [5.74, 6) is 0. The smallest absolute Gasteiger partial charge is 0.407 e. The lowest BCUT2D eigenvalue weighted by atomic mass is 10.0. The maximum atomic E-state index is 11.9. The first-order valence-corrected chi connectivity index (χ1v) is 7.37. The van der Waals surface area contributed by atoms with E-state index in [1.165, 1.54) is 5.56 Å². The Bertz CT molecular complexity index is 485. The van der Waals surface area contributed by atoms with Gasteiger partial charge in [-0.05, 0) is 45.2 Å². The highest BCUT2D eigenvalue weighted by atomic mass is 32.1. The first-order chi connectivity index (χ1) is 9.33. The average molecular weight is 294 g/mol. The second-order valence-corrected chi connectivity index (χ2v) is 6.72. The molecule has 0 aromatic heterocycles. The number of hydrogen-bond acceptors (Lipinski definition) is 4. The van der Waals surface area contributed by atoms with Gasteiger partial charge in [-0.2, -0.15) is 12.6 Å². The van der Waals surface area contributed by atoms with Crippen LogP contribution in [0.25, 0.3) is 0 Å². The number of rotatable bonds is 1. The van der Waals surface area contributed by atoms with Crippen LogP contribution >= 0.6 is 12.6 Å². The number of carbonyl (C=O) groups is 1. The lowest BCUT2D eigenvalue weighted by Crippen LogP contribution is -2.41. The molecule has 0 radical (unpaired) electrons. The summed E-state index contributed by atoms with van der Waals surface area (Å²) in [6.45, 7) is 5.58. The topological polar surface area (TPSA) is 50.4 Å². The first kappa shape index (κ1) is 15.0. The largest absolute Gasteiger partial charge is 0.444 e. The molecule has 5 heteroatoms. The summed E-state index contributed by atoms with van der Waals surface area (Å²) >= 11 is 4.52. The van der Waals surface area contributed by atoms with Gasteiger partial charge in [0.25, 0.3) is 0 Å². The molecule has 2 rings (SSSR count). The maximum Gasteiger partial charge on any atom is 0.407 e. The van der Waals surface area contributed by atoms with Crippen molar-refractivity contribution in [3.63, 3.8) is 0 Å². The zero-order chi connectivity index (χ0) is 14.8. The quantitative estimate of drug-likeness (QED) is 0.697. The molecule has 0 spiro atoms. The Morgan fingerprint density at radius 2 is 2.10 bits per heavy atom. The van der Waals surface area contributed by atoms with Crippen molar-refractivity contribution in [3.8, 4) is 0 Å². The number of para-hydroxylation sites is 1. The van der Waals surface area contributed by atoms with Crippen LogP contribution in [0.5, 0.6) is 0 Å². The molecule has 20 heavy (non-hydrogen) atoms. The van der Waals surface area contributed by atoms with Crippen LogP contribution in [0.15, 0.2) is 24.3 Å². The normalized spacial score (nSPS) is 22.2. The molecule has 110 valence electrons. The molecule has 0 saturated carbocycles. The number of benzene rings is 1. The predicted octanol–water partition coefficient (Wildman–Crippen LogP) is 3.19. The Labute approximate surface area is 125 Å². The number of carbonyl (C=O) groups excluding carboxylic acids is 1. The van der Waals surface area contributed by atoms with Crippen LogP contribution in [-0.4, -0.2) is 23.1 Å². The van der Waals surface area contributed by atoms with Crippen LogP contribution in [0.4, 0.5) is 10.5 Å². The van der Waals surface area contributed by atoms with Gasteiger partial charge in [0.2, 0.25) is 0 Å². The number of fused-ring (bicyclic) bond motifs is 1. The summed E-state index contributed by atoms with van der Waals surface area (Å²) in [6.07, 6.45) is 1.15. The molecule has 2 unspecified atom stereocenters. The van der Waals surface area contributed by atoms with Crippen LogP contribution in [0, 0.1) is 0 Å². The molecule has 1 aromatic carbocycles. The Morgan fingerprint density at radius 1 is 1.40 bits per heavy atom. The van der Waals surface area contributed by atoms with Gasteiger partial charge in [-0.3, -0.25) is 0 Å². The van der Waals surface area contributed by atoms with E-state index in [9.17, 15) is 4.79 Å². The number of ether oxygens (including phenoxy) is 1. The van der Waals surface area contributed by atoms with E-state index in [0.29, 0.717) is 0 Å². The third kappa shape index (κ3) is 4.34. The van der Waals surface area contributed by atoms with Crippen LogP contribution in [0.2, 0.25) is 0 Å². The van der Waals surface area contributed by atoms with E-state index in [0.717, 1.165) is 18.5 Å². The summed E-state index contributed by atoms with van der Waals surface area (Å²) < 4.78 is 5.31. The number of anilines is 1. The van der Waals surface area contributed by atoms with Gasteiger partial charge >= 0.3 is 6.09 Å². The van der Waals surface area contributed by atoms with Crippen molar-refractivity contribution >= 4 is 24.4 Å². The van der Waals surface area contributed by atoms with Crippen LogP contribution < -0.4 is 10.6 Å². The minimum atomic E-state index is -0.481. The lowest BCUT2D eigenvalue weighted by Gasteiger charge is -2.23. The molecule has 1 aliphatic heterocycles. The maximum absolute atomic E-state index is 11.9. The van der Waals surface area contributed by atoms with Gasteiger partial charge in [0.05, 0.1) is 5.37 Å². The lowest BCUT2D eigenvalue weighted by molar-refractivity contribution is 0.0502. The van der Waals surface area contributed by atoms with Gasteiger partial charge in [0.1, 0.15) is 5.60 Å². The second-order valence-electron chi connectivity index (χ2n) is 6.10. The molecule has 1 amide bonds. The monoisotopic (exact) mass is 294 g/mol. The molecule has 2 N–H and O–H groups in total. The van der Waals surface area contributed by atoms with E-state index in [-0.39, 0.29) is 17.5 Å². The predicted molar refractivity (Wildman–Crippen MR) is 84.3 cm³/mol. The minimum absolute atomic E-state index is 0.0126. The van der Waals surface area contributed by atoms with Gasteiger partial charge in [0, 0.05) is 11.7 Å². The fourth-order valence-electron chi connectivity index (χ4n) is 2.28. The molecule has 4 nitrogen and oxygen atoms in total. The van der Waals surface area contributed by atoms with Gasteiger partial charge in [-0.1, -0.05) is 18.2 Å². The minimum Gasteiger partial charge on any atom is -0.444 e. The van der Waals surface area contributed by atoms with E-state index < -0.39 is 5.60 Å². The SMILES string of the molecule is CC(C)(C)OC(=O)NC1Cc2ccccc2NC(S)C1.